The normalized spacial score (nSPS) is 22.7. The van der Waals surface area contributed by atoms with Gasteiger partial charge in [0, 0.05) is 38.4 Å². The molecule has 0 spiro atoms. The first-order valence-electron chi connectivity index (χ1n) is 14.1. The van der Waals surface area contributed by atoms with Crippen molar-refractivity contribution in [1.29, 1.82) is 0 Å². The van der Waals surface area contributed by atoms with E-state index >= 15 is 0 Å². The summed E-state index contributed by atoms with van der Waals surface area (Å²) in [5.41, 5.74) is 4.28. The Bertz CT molecular complexity index is 1300. The number of carbonyl (C=O) groups excluding carboxylic acids is 2. The number of rotatable bonds is 7. The molecule has 3 aliphatic rings. The molecule has 5 rings (SSSR count). The largest absolute Gasteiger partial charge is 0.368 e. The van der Waals surface area contributed by atoms with Crippen LogP contribution in [0.3, 0.4) is 0 Å². The van der Waals surface area contributed by atoms with Crippen molar-refractivity contribution in [3.05, 3.63) is 65.2 Å². The number of nitrogens with one attached hydrogen (secondary N) is 1. The van der Waals surface area contributed by atoms with Crippen molar-refractivity contribution in [3.63, 3.8) is 0 Å². The first-order valence-corrected chi connectivity index (χ1v) is 15.8. The summed E-state index contributed by atoms with van der Waals surface area (Å²) in [6.07, 6.45) is 4.82. The highest BCUT2D eigenvalue weighted by atomic mass is 32.2. The quantitative estimate of drug-likeness (QED) is 0.563. The number of amides is 3. The van der Waals surface area contributed by atoms with E-state index in [1.54, 1.807) is 4.90 Å². The Morgan fingerprint density at radius 2 is 1.67 bits per heavy atom. The summed E-state index contributed by atoms with van der Waals surface area (Å²) in [5, 5.41) is 2.74. The predicted molar refractivity (Wildman–Crippen MR) is 153 cm³/mol. The molecule has 0 unspecified atom stereocenters. The summed E-state index contributed by atoms with van der Waals surface area (Å²) in [6.45, 7) is 6.00. The van der Waals surface area contributed by atoms with Gasteiger partial charge in [-0.25, -0.2) is 13.2 Å². The van der Waals surface area contributed by atoms with E-state index in [-0.39, 0.29) is 24.8 Å². The molecular formula is C30H40N4O4S. The Balaban J connectivity index is 1.44. The highest BCUT2D eigenvalue weighted by Crippen LogP contribution is 2.36. The van der Waals surface area contributed by atoms with E-state index in [0.717, 1.165) is 43.4 Å². The van der Waals surface area contributed by atoms with Crippen LogP contribution >= 0.6 is 0 Å². The van der Waals surface area contributed by atoms with E-state index in [0.29, 0.717) is 26.2 Å². The van der Waals surface area contributed by atoms with Gasteiger partial charge in [-0.3, -0.25) is 9.69 Å². The molecule has 1 aliphatic carbocycles. The van der Waals surface area contributed by atoms with Crippen molar-refractivity contribution in [2.45, 2.75) is 57.4 Å². The summed E-state index contributed by atoms with van der Waals surface area (Å²) in [5.74, 6) is -0.529. The van der Waals surface area contributed by atoms with Gasteiger partial charge in [0.2, 0.25) is 4.87 Å². The van der Waals surface area contributed by atoms with Gasteiger partial charge in [0.05, 0.1) is 12.3 Å². The van der Waals surface area contributed by atoms with E-state index in [1.165, 1.54) is 16.0 Å². The number of nitrogens with zero attached hydrogens (tertiary/aromatic N) is 3. The molecule has 8 nitrogen and oxygen atoms in total. The van der Waals surface area contributed by atoms with Crippen molar-refractivity contribution in [3.8, 4) is 0 Å². The van der Waals surface area contributed by atoms with E-state index in [1.807, 2.05) is 30.3 Å². The van der Waals surface area contributed by atoms with Crippen molar-refractivity contribution < 1.29 is 18.0 Å². The van der Waals surface area contributed by atoms with Crippen molar-refractivity contribution >= 4 is 27.5 Å². The zero-order chi connectivity index (χ0) is 27.6. The molecule has 2 aromatic carbocycles. The first kappa shape index (κ1) is 27.5. The predicted octanol–water partition coefficient (Wildman–Crippen LogP) is 3.87. The molecule has 1 saturated carbocycles. The Hall–Kier alpha value is -3.07. The van der Waals surface area contributed by atoms with E-state index in [9.17, 15) is 18.0 Å². The summed E-state index contributed by atoms with van der Waals surface area (Å²) in [7, 11) is -4.01. The number of hydrogen-bond acceptors (Lipinski definition) is 5. The van der Waals surface area contributed by atoms with Crippen molar-refractivity contribution in [2.24, 2.45) is 5.92 Å². The van der Waals surface area contributed by atoms with Gasteiger partial charge in [0.15, 0.2) is 9.84 Å². The zero-order valence-corrected chi connectivity index (χ0v) is 23.9. The molecule has 3 amide bonds. The van der Waals surface area contributed by atoms with E-state index < -0.39 is 26.6 Å². The van der Waals surface area contributed by atoms with Crippen LogP contribution in [0.25, 0.3) is 0 Å². The van der Waals surface area contributed by atoms with Gasteiger partial charge in [0.1, 0.15) is 0 Å². The molecular weight excluding hydrogens is 512 g/mol. The molecule has 210 valence electrons. The monoisotopic (exact) mass is 552 g/mol. The van der Waals surface area contributed by atoms with Crippen LogP contribution in [0.1, 0.15) is 48.8 Å². The van der Waals surface area contributed by atoms with Crippen LogP contribution in [0, 0.1) is 19.8 Å². The lowest BCUT2D eigenvalue weighted by Gasteiger charge is -2.43. The number of hydrogen-bond donors (Lipinski definition) is 1. The van der Waals surface area contributed by atoms with Gasteiger partial charge in [-0.2, -0.15) is 0 Å². The highest BCUT2D eigenvalue weighted by molar-refractivity contribution is 7.93. The number of piperazine rings is 1. The zero-order valence-electron chi connectivity index (χ0n) is 23.1. The summed E-state index contributed by atoms with van der Waals surface area (Å²) in [6, 6.07) is 15.2. The SMILES string of the molecule is Cc1ccc(C)c(N2CCN(C(=O)[C@@]3(S(=O)(=O)CC4CCCCC4)CNC(=O)N3Cc3ccccc3)CC2)c1. The topological polar surface area (TPSA) is 90.0 Å². The Kier molecular flexibility index (Phi) is 7.89. The summed E-state index contributed by atoms with van der Waals surface area (Å²) < 4.78 is 28.7. The minimum Gasteiger partial charge on any atom is -0.368 e. The molecule has 0 bridgehead atoms. The lowest BCUT2D eigenvalue weighted by molar-refractivity contribution is -0.137. The van der Waals surface area contributed by atoms with E-state index in [2.05, 4.69) is 42.3 Å². The van der Waals surface area contributed by atoms with Crippen LogP contribution in [0.4, 0.5) is 10.5 Å². The fourth-order valence-electron chi connectivity index (χ4n) is 6.38. The number of carbonyl (C=O) groups is 2. The molecule has 9 heteroatoms. The van der Waals surface area contributed by atoms with Gasteiger partial charge >= 0.3 is 6.03 Å². The lowest BCUT2D eigenvalue weighted by atomic mass is 9.91. The molecule has 39 heavy (non-hydrogen) atoms. The highest BCUT2D eigenvalue weighted by Gasteiger charge is 2.62. The smallest absolute Gasteiger partial charge is 0.319 e. The standard InChI is InChI=1S/C30H40N4O4S/c1-23-13-14-24(2)27(19-23)32-15-17-33(18-16-32)28(35)30(39(37,38)21-26-11-7-4-8-12-26)22-31-29(36)34(30)20-25-9-5-3-6-10-25/h3,5-6,9-10,13-14,19,26H,4,7-8,11-12,15-18,20-22H2,1-2H3,(H,31,36)/t30-/m0/s1. The third-order valence-electron chi connectivity index (χ3n) is 8.64. The van der Waals surface area contributed by atoms with Crippen LogP contribution in [0.5, 0.6) is 0 Å². The Labute approximate surface area is 232 Å². The third-order valence-corrected chi connectivity index (χ3v) is 11.1. The van der Waals surface area contributed by atoms with Gasteiger partial charge in [0.25, 0.3) is 5.91 Å². The summed E-state index contributed by atoms with van der Waals surface area (Å²) in [4.78, 5) is 30.9. The average molecular weight is 553 g/mol. The molecule has 1 atom stereocenters. The second-order valence-electron chi connectivity index (χ2n) is 11.4. The number of anilines is 1. The Morgan fingerprint density at radius 1 is 0.974 bits per heavy atom. The number of aryl methyl sites for hydroxylation is 2. The first-order chi connectivity index (χ1) is 18.7. The second-order valence-corrected chi connectivity index (χ2v) is 13.6. The average Bonchev–Trinajstić information content (AvgIpc) is 3.28. The maximum absolute atomic E-state index is 14.4. The van der Waals surface area contributed by atoms with Gasteiger partial charge in [-0.15, -0.1) is 0 Å². The van der Waals surface area contributed by atoms with Gasteiger partial charge in [-0.1, -0.05) is 61.7 Å². The second kappa shape index (κ2) is 11.2. The third kappa shape index (κ3) is 5.38. The molecule has 2 aliphatic heterocycles. The number of urea groups is 1. The Morgan fingerprint density at radius 3 is 2.36 bits per heavy atom. The van der Waals surface area contributed by atoms with Crippen LogP contribution in [-0.4, -0.2) is 73.5 Å². The van der Waals surface area contributed by atoms with Crippen LogP contribution in [0.2, 0.25) is 0 Å². The molecule has 0 radical (unpaired) electrons. The number of benzene rings is 2. The molecule has 2 saturated heterocycles. The molecule has 2 heterocycles. The van der Waals surface area contributed by atoms with E-state index in [4.69, 9.17) is 0 Å². The minimum absolute atomic E-state index is 0.0174. The van der Waals surface area contributed by atoms with Crippen molar-refractivity contribution in [1.82, 2.24) is 15.1 Å². The fraction of sp³-hybridized carbons (Fsp3) is 0.533. The molecule has 1 N–H and O–H groups in total. The minimum atomic E-state index is -4.01. The summed E-state index contributed by atoms with van der Waals surface area (Å²) >= 11 is 0. The molecule has 0 aromatic heterocycles. The molecule has 2 aromatic rings. The maximum Gasteiger partial charge on any atom is 0.319 e. The molecule has 3 fully saturated rings. The maximum atomic E-state index is 14.4. The lowest BCUT2D eigenvalue weighted by Crippen LogP contribution is -2.66. The van der Waals surface area contributed by atoms with Crippen LogP contribution < -0.4 is 10.2 Å². The van der Waals surface area contributed by atoms with Crippen LogP contribution in [-0.2, 0) is 21.2 Å². The van der Waals surface area contributed by atoms with Crippen molar-refractivity contribution in [2.75, 3.05) is 43.4 Å². The van der Waals surface area contributed by atoms with Gasteiger partial charge in [-0.05, 0) is 55.4 Å². The van der Waals surface area contributed by atoms with Crippen LogP contribution in [0.15, 0.2) is 48.5 Å². The fourth-order valence-corrected chi connectivity index (χ4v) is 8.78. The number of sulfone groups is 1. The van der Waals surface area contributed by atoms with Gasteiger partial charge < -0.3 is 15.1 Å².